The molecule has 1 aliphatic carbocycles. The van der Waals surface area contributed by atoms with Gasteiger partial charge >= 0.3 is 6.18 Å². The van der Waals surface area contributed by atoms with Crippen LogP contribution in [-0.2, 0) is 12.7 Å². The van der Waals surface area contributed by atoms with Crippen molar-refractivity contribution in [1.29, 1.82) is 0 Å². The van der Waals surface area contributed by atoms with Crippen LogP contribution in [0.25, 0.3) is 0 Å². The topological polar surface area (TPSA) is 49.8 Å². The maximum atomic E-state index is 13.3. The maximum absolute atomic E-state index is 13.3. The second kappa shape index (κ2) is 7.58. The molecule has 8 heteroatoms. The molecular weight excluding hydrogens is 353 g/mol. The summed E-state index contributed by atoms with van der Waals surface area (Å²) in [6, 6.07) is 6.63. The molecule has 0 spiro atoms. The van der Waals surface area contributed by atoms with Crippen LogP contribution in [0.5, 0.6) is 0 Å². The molecule has 1 aromatic carbocycles. The summed E-state index contributed by atoms with van der Waals surface area (Å²) in [5.41, 5.74) is -0.354. The van der Waals surface area contributed by atoms with Gasteiger partial charge in [-0.25, -0.2) is 9.97 Å². The lowest BCUT2D eigenvalue weighted by Gasteiger charge is -2.25. The number of aromatic nitrogens is 2. The van der Waals surface area contributed by atoms with Crippen molar-refractivity contribution in [2.45, 2.75) is 32.0 Å². The monoisotopic (exact) mass is 370 g/mol. The third-order valence-corrected chi connectivity index (χ3v) is 4.42. The number of benzene rings is 1. The van der Waals surface area contributed by atoms with Crippen molar-refractivity contribution in [3.8, 4) is 0 Å². The molecule has 0 radical (unpaired) electrons. The van der Waals surface area contributed by atoms with Crippen molar-refractivity contribution in [2.24, 2.45) is 5.92 Å². The fourth-order valence-corrected chi connectivity index (χ4v) is 2.84. The first kappa shape index (κ1) is 17.9. The lowest BCUT2D eigenvalue weighted by Crippen LogP contribution is -2.28. The highest BCUT2D eigenvalue weighted by Gasteiger charge is 2.36. The minimum Gasteiger partial charge on any atom is -0.324 e. The molecule has 2 N–H and O–H groups in total. The minimum absolute atomic E-state index is 0.0449. The Morgan fingerprint density at radius 3 is 2.68 bits per heavy atom. The van der Waals surface area contributed by atoms with Crippen LogP contribution in [0.4, 0.5) is 24.8 Å². The van der Waals surface area contributed by atoms with E-state index in [1.807, 2.05) is 0 Å². The van der Waals surface area contributed by atoms with Gasteiger partial charge in [0.2, 0.25) is 5.95 Å². The molecular formula is C17H18ClF3N4. The van der Waals surface area contributed by atoms with Crippen LogP contribution in [0.15, 0.2) is 30.5 Å². The lowest BCUT2D eigenvalue weighted by atomic mass is 9.85. The fourth-order valence-electron chi connectivity index (χ4n) is 2.65. The fraction of sp³-hybridized carbons (Fsp3) is 0.412. The highest BCUT2D eigenvalue weighted by atomic mass is 35.5. The van der Waals surface area contributed by atoms with Gasteiger partial charge in [0.15, 0.2) is 5.69 Å². The van der Waals surface area contributed by atoms with Crippen LogP contribution in [-0.4, -0.2) is 16.5 Å². The Morgan fingerprint density at radius 2 is 2.04 bits per heavy atom. The van der Waals surface area contributed by atoms with Gasteiger partial charge in [0.1, 0.15) is 0 Å². The molecule has 25 heavy (non-hydrogen) atoms. The molecule has 0 saturated heterocycles. The first-order valence-corrected chi connectivity index (χ1v) is 8.46. The van der Waals surface area contributed by atoms with Crippen LogP contribution in [0.3, 0.4) is 0 Å². The Morgan fingerprint density at radius 1 is 1.24 bits per heavy atom. The van der Waals surface area contributed by atoms with Gasteiger partial charge in [0.05, 0.1) is 0 Å². The quantitative estimate of drug-likeness (QED) is 0.768. The zero-order chi connectivity index (χ0) is 17.9. The first-order valence-electron chi connectivity index (χ1n) is 8.08. The molecule has 2 aromatic rings. The normalized spacial score (nSPS) is 15.0. The van der Waals surface area contributed by atoms with Gasteiger partial charge in [-0.1, -0.05) is 24.1 Å². The summed E-state index contributed by atoms with van der Waals surface area (Å²) in [7, 11) is 0. The van der Waals surface area contributed by atoms with E-state index in [2.05, 4.69) is 20.6 Å². The second-order valence-corrected chi connectivity index (χ2v) is 6.56. The molecule has 1 aliphatic rings. The van der Waals surface area contributed by atoms with Crippen molar-refractivity contribution in [1.82, 2.24) is 15.3 Å². The predicted molar refractivity (Wildman–Crippen MR) is 90.8 cm³/mol. The molecule has 1 saturated carbocycles. The molecule has 3 rings (SSSR count). The van der Waals surface area contributed by atoms with Crippen molar-refractivity contribution in [3.05, 3.63) is 46.7 Å². The van der Waals surface area contributed by atoms with Crippen LogP contribution in [0.2, 0.25) is 5.02 Å². The third kappa shape index (κ3) is 4.83. The summed E-state index contributed by atoms with van der Waals surface area (Å²) in [6.07, 6.45) is 0.154. The molecule has 1 aromatic heterocycles. The summed E-state index contributed by atoms with van der Waals surface area (Å²) in [5.74, 6) is 0.455. The predicted octanol–water partition coefficient (Wildman–Crippen LogP) is 4.78. The summed E-state index contributed by atoms with van der Waals surface area (Å²) < 4.78 is 40.0. The van der Waals surface area contributed by atoms with Crippen molar-refractivity contribution in [3.63, 3.8) is 0 Å². The average Bonchev–Trinajstić information content (AvgIpc) is 2.50. The molecule has 0 unspecified atom stereocenters. The molecule has 0 atom stereocenters. The Balaban J connectivity index is 1.74. The van der Waals surface area contributed by atoms with Gasteiger partial charge in [-0.2, -0.15) is 13.2 Å². The van der Waals surface area contributed by atoms with Gasteiger partial charge < -0.3 is 10.6 Å². The number of hydrogen-bond acceptors (Lipinski definition) is 4. The van der Waals surface area contributed by atoms with Crippen molar-refractivity contribution < 1.29 is 13.2 Å². The van der Waals surface area contributed by atoms with E-state index < -0.39 is 11.9 Å². The molecule has 134 valence electrons. The average molecular weight is 371 g/mol. The molecule has 1 fully saturated rings. The minimum atomic E-state index is -4.54. The first-order chi connectivity index (χ1) is 11.9. The van der Waals surface area contributed by atoms with E-state index in [-0.39, 0.29) is 18.1 Å². The van der Waals surface area contributed by atoms with E-state index in [4.69, 9.17) is 11.6 Å². The summed E-state index contributed by atoms with van der Waals surface area (Å²) >= 11 is 5.87. The molecule has 0 aliphatic heterocycles. The molecule has 4 nitrogen and oxygen atoms in total. The number of anilines is 2. The summed E-state index contributed by atoms with van der Waals surface area (Å²) in [6.45, 7) is 0.822. The smallest absolute Gasteiger partial charge is 0.324 e. The van der Waals surface area contributed by atoms with Gasteiger partial charge in [0.25, 0.3) is 0 Å². The zero-order valence-electron chi connectivity index (χ0n) is 13.4. The standard InChI is InChI=1S/C17H18ClF3N4/c18-13-5-2-6-14(7-13)24-16-23-10-12(15(25-16)17(19,20)21)9-22-8-11-3-1-4-11/h2,5-7,10-11,22H,1,3-4,8-9H2,(H,23,24,25). The zero-order valence-corrected chi connectivity index (χ0v) is 14.2. The highest BCUT2D eigenvalue weighted by molar-refractivity contribution is 6.30. The second-order valence-electron chi connectivity index (χ2n) is 6.13. The van der Waals surface area contributed by atoms with Crippen LogP contribution in [0.1, 0.15) is 30.5 Å². The van der Waals surface area contributed by atoms with Crippen LogP contribution >= 0.6 is 11.6 Å². The van der Waals surface area contributed by atoms with Crippen LogP contribution < -0.4 is 10.6 Å². The third-order valence-electron chi connectivity index (χ3n) is 4.19. The Hall–Kier alpha value is -1.86. The van der Waals surface area contributed by atoms with Crippen molar-refractivity contribution in [2.75, 3.05) is 11.9 Å². The van der Waals surface area contributed by atoms with E-state index in [0.717, 1.165) is 19.4 Å². The summed E-state index contributed by atoms with van der Waals surface area (Å²) in [5, 5.41) is 6.30. The lowest BCUT2D eigenvalue weighted by molar-refractivity contribution is -0.141. The number of halogens is 4. The number of alkyl halides is 3. The van der Waals surface area contributed by atoms with Gasteiger partial charge in [-0.05, 0) is 43.5 Å². The maximum Gasteiger partial charge on any atom is 0.433 e. The number of nitrogens with one attached hydrogen (secondary N) is 2. The van der Waals surface area contributed by atoms with E-state index in [0.29, 0.717) is 16.6 Å². The number of hydrogen-bond donors (Lipinski definition) is 2. The SMILES string of the molecule is FC(F)(F)c1nc(Nc2cccc(Cl)c2)ncc1CNCC1CCC1. The molecule has 0 bridgehead atoms. The van der Waals surface area contributed by atoms with Gasteiger partial charge in [-0.15, -0.1) is 0 Å². The largest absolute Gasteiger partial charge is 0.433 e. The number of nitrogens with zero attached hydrogens (tertiary/aromatic N) is 2. The van der Waals surface area contributed by atoms with Gasteiger partial charge in [-0.3, -0.25) is 0 Å². The van der Waals surface area contributed by atoms with Crippen molar-refractivity contribution >= 4 is 23.2 Å². The molecule has 1 heterocycles. The summed E-state index contributed by atoms with van der Waals surface area (Å²) in [4.78, 5) is 7.67. The Bertz CT molecular complexity index is 732. The Kier molecular flexibility index (Phi) is 5.44. The molecule has 0 amide bonds. The van der Waals surface area contributed by atoms with E-state index in [1.54, 1.807) is 24.3 Å². The van der Waals surface area contributed by atoms with E-state index >= 15 is 0 Å². The van der Waals surface area contributed by atoms with Gasteiger partial charge in [0, 0.05) is 29.0 Å². The Labute approximate surface area is 148 Å². The highest BCUT2D eigenvalue weighted by Crippen LogP contribution is 2.31. The number of rotatable bonds is 6. The van der Waals surface area contributed by atoms with Crippen LogP contribution in [0, 0.1) is 5.92 Å². The van der Waals surface area contributed by atoms with E-state index in [9.17, 15) is 13.2 Å². The van der Waals surface area contributed by atoms with E-state index in [1.165, 1.54) is 12.6 Å².